The van der Waals surface area contributed by atoms with Gasteiger partial charge in [-0.2, -0.15) is 0 Å². The molecular formula is C21H31N5O3. The van der Waals surface area contributed by atoms with Gasteiger partial charge in [-0.1, -0.05) is 18.2 Å². The Morgan fingerprint density at radius 3 is 2.45 bits per heavy atom. The fraction of sp³-hybridized carbons (Fsp3) is 0.524. The van der Waals surface area contributed by atoms with Gasteiger partial charge in [-0.25, -0.2) is 9.97 Å². The highest BCUT2D eigenvalue weighted by atomic mass is 16.5. The molecule has 158 valence electrons. The fourth-order valence-corrected chi connectivity index (χ4v) is 3.93. The van der Waals surface area contributed by atoms with E-state index >= 15 is 0 Å². The van der Waals surface area contributed by atoms with Crippen molar-refractivity contribution in [1.29, 1.82) is 0 Å². The molecule has 1 saturated heterocycles. The fourth-order valence-electron chi connectivity index (χ4n) is 3.93. The van der Waals surface area contributed by atoms with Gasteiger partial charge in [0.2, 0.25) is 0 Å². The van der Waals surface area contributed by atoms with Crippen LogP contribution in [0, 0.1) is 6.92 Å². The number of nitrogen functional groups attached to an aromatic ring is 1. The molecule has 0 bridgehead atoms. The number of benzene rings is 1. The molecule has 4 N–H and O–H groups in total. The van der Waals surface area contributed by atoms with Crippen molar-refractivity contribution in [2.24, 2.45) is 0 Å². The van der Waals surface area contributed by atoms with Crippen LogP contribution in [0.2, 0.25) is 0 Å². The van der Waals surface area contributed by atoms with Crippen molar-refractivity contribution in [3.8, 4) is 5.75 Å². The molecule has 0 radical (unpaired) electrons. The van der Waals surface area contributed by atoms with E-state index in [0.29, 0.717) is 5.82 Å². The molecule has 2 heterocycles. The summed E-state index contributed by atoms with van der Waals surface area (Å²) in [6.07, 6.45) is 2.96. The zero-order valence-electron chi connectivity index (χ0n) is 17.1. The van der Waals surface area contributed by atoms with Gasteiger partial charge in [0, 0.05) is 24.7 Å². The third kappa shape index (κ3) is 4.95. The predicted molar refractivity (Wildman–Crippen MR) is 113 cm³/mol. The summed E-state index contributed by atoms with van der Waals surface area (Å²) in [5.41, 5.74) is 6.89. The van der Waals surface area contributed by atoms with Gasteiger partial charge in [-0.3, -0.25) is 4.90 Å². The standard InChI is InChI=1S/C21H31N5O3/c1-15-20(22)23-14-24-21(15)26(16(2)29-19-6-4-3-5-7-19)17-8-10-25(11-9-17)18(12-27)13-28/h3-7,14,16-18,27-28H,8-13H2,1-2H3,(H2,22,23,24). The Bertz CT molecular complexity index is 764. The Labute approximate surface area is 171 Å². The average Bonchev–Trinajstić information content (AvgIpc) is 2.74. The second kappa shape index (κ2) is 9.87. The van der Waals surface area contributed by atoms with Crippen molar-refractivity contribution in [2.75, 3.05) is 36.9 Å². The SMILES string of the molecule is Cc1c(N)ncnc1N(C1CCN(C(CO)CO)CC1)C(C)Oc1ccccc1. The smallest absolute Gasteiger partial charge is 0.170 e. The minimum Gasteiger partial charge on any atom is -0.471 e. The van der Waals surface area contributed by atoms with Crippen LogP contribution in [-0.4, -0.2) is 69.7 Å². The molecular weight excluding hydrogens is 370 g/mol. The monoisotopic (exact) mass is 401 g/mol. The molecule has 1 atom stereocenters. The number of nitrogens with zero attached hydrogens (tertiary/aromatic N) is 4. The molecule has 1 aromatic heterocycles. The molecule has 1 aliphatic rings. The van der Waals surface area contributed by atoms with Gasteiger partial charge in [-0.05, 0) is 38.8 Å². The number of piperidine rings is 1. The summed E-state index contributed by atoms with van der Waals surface area (Å²) < 4.78 is 6.23. The molecule has 3 rings (SSSR count). The first kappa shape index (κ1) is 21.3. The van der Waals surface area contributed by atoms with Crippen molar-refractivity contribution in [3.05, 3.63) is 42.2 Å². The highest BCUT2D eigenvalue weighted by Crippen LogP contribution is 2.30. The van der Waals surface area contributed by atoms with E-state index in [4.69, 9.17) is 10.5 Å². The third-order valence-corrected chi connectivity index (χ3v) is 5.61. The Hall–Kier alpha value is -2.42. The summed E-state index contributed by atoms with van der Waals surface area (Å²) in [4.78, 5) is 13.0. The van der Waals surface area contributed by atoms with Crippen LogP contribution in [0.15, 0.2) is 36.7 Å². The highest BCUT2D eigenvalue weighted by molar-refractivity contribution is 5.56. The van der Waals surface area contributed by atoms with Crippen molar-refractivity contribution < 1.29 is 14.9 Å². The lowest BCUT2D eigenvalue weighted by Crippen LogP contribution is -2.53. The summed E-state index contributed by atoms with van der Waals surface area (Å²) in [5, 5.41) is 19.0. The van der Waals surface area contributed by atoms with Gasteiger partial charge < -0.3 is 25.6 Å². The van der Waals surface area contributed by atoms with Crippen LogP contribution in [0.25, 0.3) is 0 Å². The molecule has 8 heteroatoms. The number of anilines is 2. The largest absolute Gasteiger partial charge is 0.471 e. The number of rotatable bonds is 8. The lowest BCUT2D eigenvalue weighted by atomic mass is 10.0. The first-order valence-electron chi connectivity index (χ1n) is 10.1. The molecule has 1 aliphatic heterocycles. The Morgan fingerprint density at radius 2 is 1.83 bits per heavy atom. The number of hydrogen-bond donors (Lipinski definition) is 3. The van der Waals surface area contributed by atoms with E-state index < -0.39 is 0 Å². The molecule has 1 aromatic carbocycles. The van der Waals surface area contributed by atoms with E-state index in [1.54, 1.807) is 0 Å². The maximum Gasteiger partial charge on any atom is 0.170 e. The minimum absolute atomic E-state index is 0.0417. The van der Waals surface area contributed by atoms with Crippen molar-refractivity contribution in [3.63, 3.8) is 0 Å². The van der Waals surface area contributed by atoms with Crippen molar-refractivity contribution >= 4 is 11.6 Å². The second-order valence-electron chi connectivity index (χ2n) is 7.43. The second-order valence-corrected chi connectivity index (χ2v) is 7.43. The van der Waals surface area contributed by atoms with Crippen LogP contribution >= 0.6 is 0 Å². The highest BCUT2D eigenvalue weighted by Gasteiger charge is 2.33. The third-order valence-electron chi connectivity index (χ3n) is 5.61. The van der Waals surface area contributed by atoms with Gasteiger partial charge >= 0.3 is 0 Å². The molecule has 0 amide bonds. The lowest BCUT2D eigenvalue weighted by molar-refractivity contribution is 0.0530. The summed E-state index contributed by atoms with van der Waals surface area (Å²) in [7, 11) is 0. The van der Waals surface area contributed by atoms with E-state index in [2.05, 4.69) is 19.8 Å². The molecule has 0 aliphatic carbocycles. The normalized spacial score (nSPS) is 16.7. The van der Waals surface area contributed by atoms with Crippen LogP contribution in [0.5, 0.6) is 5.75 Å². The molecule has 1 unspecified atom stereocenters. The summed E-state index contributed by atoms with van der Waals surface area (Å²) in [6, 6.07) is 9.71. The molecule has 1 fully saturated rings. The summed E-state index contributed by atoms with van der Waals surface area (Å²) in [5.74, 6) is 2.04. The van der Waals surface area contributed by atoms with Gasteiger partial charge in [0.05, 0.1) is 19.3 Å². The van der Waals surface area contributed by atoms with E-state index in [-0.39, 0.29) is 31.5 Å². The van der Waals surface area contributed by atoms with Crippen LogP contribution in [0.4, 0.5) is 11.6 Å². The van der Waals surface area contributed by atoms with E-state index in [0.717, 1.165) is 43.1 Å². The number of aliphatic hydroxyl groups excluding tert-OH is 2. The topological polar surface area (TPSA) is 108 Å². The number of ether oxygens (including phenoxy) is 1. The molecule has 0 spiro atoms. The molecule has 8 nitrogen and oxygen atoms in total. The van der Waals surface area contributed by atoms with Gasteiger partial charge in [-0.15, -0.1) is 0 Å². The Balaban J connectivity index is 1.83. The van der Waals surface area contributed by atoms with E-state index in [1.807, 2.05) is 44.2 Å². The van der Waals surface area contributed by atoms with Crippen LogP contribution in [-0.2, 0) is 0 Å². The van der Waals surface area contributed by atoms with Gasteiger partial charge in [0.15, 0.2) is 6.23 Å². The maximum atomic E-state index is 9.49. The quantitative estimate of drug-likeness (QED) is 0.570. The van der Waals surface area contributed by atoms with Crippen molar-refractivity contribution in [2.45, 2.75) is 45.0 Å². The minimum atomic E-state index is -0.256. The molecule has 2 aromatic rings. The predicted octanol–water partition coefficient (Wildman–Crippen LogP) is 1.42. The average molecular weight is 402 g/mol. The molecule has 0 saturated carbocycles. The Kier molecular flexibility index (Phi) is 7.24. The van der Waals surface area contributed by atoms with Crippen molar-refractivity contribution in [1.82, 2.24) is 14.9 Å². The number of para-hydroxylation sites is 1. The Morgan fingerprint density at radius 1 is 1.17 bits per heavy atom. The number of aromatic nitrogens is 2. The van der Waals surface area contributed by atoms with Gasteiger partial charge in [0.1, 0.15) is 23.7 Å². The van der Waals surface area contributed by atoms with E-state index in [9.17, 15) is 10.2 Å². The number of nitrogens with two attached hydrogens (primary N) is 1. The number of likely N-dealkylation sites (tertiary alicyclic amines) is 1. The number of hydrogen-bond acceptors (Lipinski definition) is 8. The zero-order valence-corrected chi connectivity index (χ0v) is 17.1. The molecule has 29 heavy (non-hydrogen) atoms. The van der Waals surface area contributed by atoms with Crippen LogP contribution < -0.4 is 15.4 Å². The first-order chi connectivity index (χ1) is 14.0. The first-order valence-corrected chi connectivity index (χ1v) is 10.1. The zero-order chi connectivity index (χ0) is 20.8. The maximum absolute atomic E-state index is 9.49. The summed E-state index contributed by atoms with van der Waals surface area (Å²) >= 11 is 0. The number of aliphatic hydroxyl groups is 2. The van der Waals surface area contributed by atoms with Gasteiger partial charge in [0.25, 0.3) is 0 Å². The van der Waals surface area contributed by atoms with E-state index in [1.165, 1.54) is 6.33 Å². The summed E-state index contributed by atoms with van der Waals surface area (Å²) in [6.45, 7) is 5.42. The van der Waals surface area contributed by atoms with Crippen LogP contribution in [0.3, 0.4) is 0 Å². The van der Waals surface area contributed by atoms with Crippen LogP contribution in [0.1, 0.15) is 25.3 Å². The lowest BCUT2D eigenvalue weighted by Gasteiger charge is -2.43.